The number of morpholine rings is 1. The molecule has 1 aromatic carbocycles. The first-order chi connectivity index (χ1) is 18.3. The van der Waals surface area contributed by atoms with E-state index in [1.165, 1.54) is 21.9 Å². The maximum atomic E-state index is 13.5. The fraction of sp³-hybridized carbons (Fsp3) is 0.269. The molecule has 0 aliphatic carbocycles. The van der Waals surface area contributed by atoms with Gasteiger partial charge in [-0.2, -0.15) is 13.2 Å². The molecule has 9 nitrogen and oxygen atoms in total. The van der Waals surface area contributed by atoms with Crippen LogP contribution in [0.4, 0.5) is 35.3 Å². The van der Waals surface area contributed by atoms with Crippen LogP contribution in [-0.2, 0) is 17.5 Å². The van der Waals surface area contributed by atoms with Crippen molar-refractivity contribution in [1.82, 2.24) is 24.8 Å². The first kappa shape index (κ1) is 24.0. The average molecular weight is 522 g/mol. The number of fused-ring (bicyclic) bond motifs is 3. The molecule has 3 aromatic heterocycles. The van der Waals surface area contributed by atoms with Gasteiger partial charge in [-0.25, -0.2) is 19.7 Å². The zero-order valence-corrected chi connectivity index (χ0v) is 20.3. The van der Waals surface area contributed by atoms with Crippen molar-refractivity contribution in [3.8, 4) is 11.3 Å². The van der Waals surface area contributed by atoms with Crippen LogP contribution in [-0.4, -0.2) is 64.2 Å². The van der Waals surface area contributed by atoms with E-state index in [0.717, 1.165) is 12.1 Å². The van der Waals surface area contributed by atoms with Crippen LogP contribution in [0.1, 0.15) is 11.1 Å². The van der Waals surface area contributed by atoms with E-state index >= 15 is 0 Å². The molecule has 0 radical (unpaired) electrons. The summed E-state index contributed by atoms with van der Waals surface area (Å²) in [5.74, 6) is 0.598. The molecule has 0 saturated carbocycles. The molecule has 2 amide bonds. The van der Waals surface area contributed by atoms with Crippen molar-refractivity contribution in [1.29, 1.82) is 0 Å². The van der Waals surface area contributed by atoms with Gasteiger partial charge in [0.15, 0.2) is 0 Å². The Hall–Kier alpha value is -4.32. The minimum Gasteiger partial charge on any atom is -0.378 e. The van der Waals surface area contributed by atoms with Gasteiger partial charge in [-0.15, -0.1) is 0 Å². The number of carbonyl (C=O) groups excluding carboxylic acids is 1. The summed E-state index contributed by atoms with van der Waals surface area (Å²) in [6.07, 6.45) is 0.433. The van der Waals surface area contributed by atoms with Crippen LogP contribution in [0.5, 0.6) is 0 Å². The van der Waals surface area contributed by atoms with Gasteiger partial charge in [0.05, 0.1) is 47.9 Å². The molecule has 0 spiro atoms. The van der Waals surface area contributed by atoms with Gasteiger partial charge in [0.25, 0.3) is 0 Å². The number of ether oxygens (including phenoxy) is 1. The number of hydrogen-bond donors (Lipinski definition) is 0. The normalized spacial score (nSPS) is 16.2. The maximum Gasteiger partial charge on any atom is 0.416 e. The van der Waals surface area contributed by atoms with E-state index in [1.54, 1.807) is 37.8 Å². The molecular weight excluding hydrogens is 499 g/mol. The number of carbonyl (C=O) groups is 1. The number of benzene rings is 1. The lowest BCUT2D eigenvalue weighted by Crippen LogP contribution is -2.42. The van der Waals surface area contributed by atoms with Crippen molar-refractivity contribution < 1.29 is 22.7 Å². The van der Waals surface area contributed by atoms with Crippen LogP contribution < -0.4 is 9.80 Å². The lowest BCUT2D eigenvalue weighted by molar-refractivity contribution is -0.137. The second-order valence-electron chi connectivity index (χ2n) is 9.09. The Morgan fingerprint density at radius 3 is 2.47 bits per heavy atom. The molecule has 5 heterocycles. The van der Waals surface area contributed by atoms with Crippen LogP contribution in [0.25, 0.3) is 22.3 Å². The molecular formula is C26H22F3N7O2. The quantitative estimate of drug-likeness (QED) is 0.388. The summed E-state index contributed by atoms with van der Waals surface area (Å²) in [7, 11) is 1.59. The highest BCUT2D eigenvalue weighted by atomic mass is 19.4. The molecule has 1 saturated heterocycles. The number of amides is 2. The van der Waals surface area contributed by atoms with Crippen LogP contribution in [0.15, 0.2) is 55.0 Å². The van der Waals surface area contributed by atoms with Gasteiger partial charge in [-0.1, -0.05) is 6.07 Å². The second kappa shape index (κ2) is 9.21. The topological polar surface area (TPSA) is 87.6 Å². The van der Waals surface area contributed by atoms with Crippen molar-refractivity contribution in [2.75, 3.05) is 43.2 Å². The summed E-state index contributed by atoms with van der Waals surface area (Å²) in [4.78, 5) is 36.3. The summed E-state index contributed by atoms with van der Waals surface area (Å²) in [6, 6.07) is 7.79. The molecule has 1 fully saturated rings. The molecule has 0 atom stereocenters. The summed E-state index contributed by atoms with van der Waals surface area (Å²) in [5, 5.41) is 0. The predicted molar refractivity (Wildman–Crippen MR) is 134 cm³/mol. The van der Waals surface area contributed by atoms with Crippen molar-refractivity contribution in [2.24, 2.45) is 0 Å². The third-order valence-electron chi connectivity index (χ3n) is 6.57. The Morgan fingerprint density at radius 1 is 0.974 bits per heavy atom. The number of alkyl halides is 3. The largest absolute Gasteiger partial charge is 0.416 e. The summed E-state index contributed by atoms with van der Waals surface area (Å²) in [6.45, 7) is 2.89. The van der Waals surface area contributed by atoms with Crippen LogP contribution in [0, 0.1) is 0 Å². The minimum absolute atomic E-state index is 0.0931. The zero-order valence-electron chi connectivity index (χ0n) is 20.3. The Balaban J connectivity index is 1.45. The number of hydrogen-bond acceptors (Lipinski definition) is 7. The van der Waals surface area contributed by atoms with Crippen LogP contribution in [0.2, 0.25) is 0 Å². The number of nitrogens with zero attached hydrogens (tertiary/aromatic N) is 7. The Kier molecular flexibility index (Phi) is 5.83. The maximum absolute atomic E-state index is 13.5. The van der Waals surface area contributed by atoms with Crippen molar-refractivity contribution in [3.05, 3.63) is 66.1 Å². The first-order valence-electron chi connectivity index (χ1n) is 12.0. The zero-order chi connectivity index (χ0) is 26.4. The number of halogens is 3. The number of pyridine rings is 2. The van der Waals surface area contributed by atoms with Crippen molar-refractivity contribution in [3.63, 3.8) is 0 Å². The lowest BCUT2D eigenvalue weighted by Gasteiger charge is -2.35. The molecule has 194 valence electrons. The van der Waals surface area contributed by atoms with E-state index in [0.29, 0.717) is 65.8 Å². The fourth-order valence-electron chi connectivity index (χ4n) is 4.65. The van der Waals surface area contributed by atoms with Crippen LogP contribution >= 0.6 is 0 Å². The Labute approximate surface area is 215 Å². The average Bonchev–Trinajstić information content (AvgIpc) is 2.93. The molecule has 0 bridgehead atoms. The number of urea groups is 1. The standard InChI is InChI=1S/C26H22F3N7O2/c1-34-15-17-14-30-21-6-5-20(16-12-31-24(32-13-16)35-7-9-38-10-8-35)33-22(21)23(17)36(25(34)37)19-4-2-3-18(11-19)26(27,28)29/h2-6,11-14H,7-10,15H2,1H3. The fourth-order valence-corrected chi connectivity index (χ4v) is 4.65. The van der Waals surface area contributed by atoms with Gasteiger partial charge in [0, 0.05) is 49.9 Å². The van der Waals surface area contributed by atoms with Crippen molar-refractivity contribution in [2.45, 2.75) is 12.7 Å². The van der Waals surface area contributed by atoms with E-state index in [1.807, 2.05) is 4.90 Å². The molecule has 4 aromatic rings. The highest BCUT2D eigenvalue weighted by Crippen LogP contribution is 2.41. The lowest BCUT2D eigenvalue weighted by atomic mass is 10.1. The van der Waals surface area contributed by atoms with Gasteiger partial charge >= 0.3 is 12.2 Å². The van der Waals surface area contributed by atoms with Gasteiger partial charge in [-0.3, -0.25) is 9.88 Å². The molecule has 12 heteroatoms. The van der Waals surface area contributed by atoms with Crippen molar-refractivity contribution >= 4 is 34.4 Å². The smallest absolute Gasteiger partial charge is 0.378 e. The number of anilines is 3. The SMILES string of the molecule is CN1Cc2cnc3ccc(-c4cnc(N5CCOCC5)nc4)nc3c2N(c2cccc(C(F)(F)F)c2)C1=O. The summed E-state index contributed by atoms with van der Waals surface area (Å²) >= 11 is 0. The third-order valence-corrected chi connectivity index (χ3v) is 6.57. The van der Waals surface area contributed by atoms with Gasteiger partial charge < -0.3 is 14.5 Å². The van der Waals surface area contributed by atoms with Gasteiger partial charge in [-0.05, 0) is 30.3 Å². The Bertz CT molecular complexity index is 1520. The summed E-state index contributed by atoms with van der Waals surface area (Å²) in [5.41, 5.74) is 2.44. The molecule has 2 aliphatic rings. The van der Waals surface area contributed by atoms with Crippen LogP contribution in [0.3, 0.4) is 0 Å². The Morgan fingerprint density at radius 2 is 1.74 bits per heavy atom. The minimum atomic E-state index is -4.55. The van der Waals surface area contributed by atoms with E-state index in [4.69, 9.17) is 9.72 Å². The van der Waals surface area contributed by atoms with Gasteiger partial charge in [0.1, 0.15) is 5.52 Å². The molecule has 38 heavy (non-hydrogen) atoms. The number of aromatic nitrogens is 4. The molecule has 6 rings (SSSR count). The monoisotopic (exact) mass is 521 g/mol. The van der Waals surface area contributed by atoms with E-state index in [-0.39, 0.29) is 12.2 Å². The predicted octanol–water partition coefficient (Wildman–Crippen LogP) is 4.65. The molecule has 0 unspecified atom stereocenters. The molecule has 0 N–H and O–H groups in total. The summed E-state index contributed by atoms with van der Waals surface area (Å²) < 4.78 is 45.8. The van der Waals surface area contributed by atoms with E-state index < -0.39 is 17.8 Å². The highest BCUT2D eigenvalue weighted by Gasteiger charge is 2.35. The number of rotatable bonds is 3. The molecule has 2 aliphatic heterocycles. The first-order valence-corrected chi connectivity index (χ1v) is 12.0. The van der Waals surface area contributed by atoms with E-state index in [9.17, 15) is 18.0 Å². The third kappa shape index (κ3) is 4.26. The second-order valence-corrected chi connectivity index (χ2v) is 9.09. The van der Waals surface area contributed by atoms with E-state index in [2.05, 4.69) is 15.0 Å². The highest BCUT2D eigenvalue weighted by molar-refractivity contribution is 6.08. The van der Waals surface area contributed by atoms with Gasteiger partial charge in [0.2, 0.25) is 5.95 Å².